The maximum Gasteiger partial charge on any atom is 0.337 e. The Bertz CT molecular complexity index is 932. The number of ether oxygens (including phenoxy) is 2. The number of fused-ring (bicyclic) bond motifs is 2. The van der Waals surface area contributed by atoms with Crippen LogP contribution in [0.1, 0.15) is 15.9 Å². The van der Waals surface area contributed by atoms with Crippen LogP contribution in [0.5, 0.6) is 11.5 Å². The molecule has 0 atom stereocenters. The molecule has 0 unspecified atom stereocenters. The summed E-state index contributed by atoms with van der Waals surface area (Å²) in [6.07, 6.45) is 2.77. The third-order valence-electron chi connectivity index (χ3n) is 4.30. The van der Waals surface area contributed by atoms with Gasteiger partial charge in [-0.1, -0.05) is 18.2 Å². The lowest BCUT2D eigenvalue weighted by molar-refractivity contribution is 0.0697. The molecule has 2 aromatic carbocycles. The molecule has 3 N–H and O–H groups in total. The summed E-state index contributed by atoms with van der Waals surface area (Å²) in [7, 11) is 0. The Morgan fingerprint density at radius 3 is 2.72 bits per heavy atom. The van der Waals surface area contributed by atoms with Gasteiger partial charge in [0.25, 0.3) is 0 Å². The largest absolute Gasteiger partial charge is 0.486 e. The highest BCUT2D eigenvalue weighted by Gasteiger charge is 2.19. The standard InChI is InChI=1S/C19H18N2O4/c22-19(23)14-9-17-18(25-8-7-24-17)10-16(14)20-6-5-12-11-21-15-4-2-1-3-13(12)15/h1-4,9-11,20-21H,5-8H2,(H,22,23). The molecule has 25 heavy (non-hydrogen) atoms. The van der Waals surface area contributed by atoms with Crippen molar-refractivity contribution in [3.63, 3.8) is 0 Å². The predicted molar refractivity (Wildman–Crippen MR) is 94.9 cm³/mol. The van der Waals surface area contributed by atoms with Gasteiger partial charge in [0.05, 0.1) is 11.3 Å². The van der Waals surface area contributed by atoms with E-state index in [2.05, 4.69) is 16.4 Å². The van der Waals surface area contributed by atoms with Crippen LogP contribution in [-0.4, -0.2) is 35.8 Å². The van der Waals surface area contributed by atoms with Gasteiger partial charge in [-0.25, -0.2) is 4.79 Å². The maximum atomic E-state index is 11.5. The van der Waals surface area contributed by atoms with Crippen LogP contribution in [0.2, 0.25) is 0 Å². The fraction of sp³-hybridized carbons (Fsp3) is 0.211. The summed E-state index contributed by atoms with van der Waals surface area (Å²) >= 11 is 0. The summed E-state index contributed by atoms with van der Waals surface area (Å²) in [5.41, 5.74) is 3.01. The van der Waals surface area contributed by atoms with Crippen molar-refractivity contribution in [2.75, 3.05) is 25.1 Å². The molecular formula is C19H18N2O4. The number of nitrogens with one attached hydrogen (secondary N) is 2. The number of para-hydroxylation sites is 1. The first-order valence-corrected chi connectivity index (χ1v) is 8.18. The Morgan fingerprint density at radius 1 is 1.16 bits per heavy atom. The highest BCUT2D eigenvalue weighted by atomic mass is 16.6. The van der Waals surface area contributed by atoms with Gasteiger partial charge in [-0.3, -0.25) is 0 Å². The minimum atomic E-state index is -0.994. The van der Waals surface area contributed by atoms with E-state index >= 15 is 0 Å². The molecule has 0 bridgehead atoms. The van der Waals surface area contributed by atoms with Gasteiger partial charge in [0.2, 0.25) is 0 Å². The summed E-state index contributed by atoms with van der Waals surface area (Å²) in [6, 6.07) is 11.3. The molecule has 0 spiro atoms. The first-order chi connectivity index (χ1) is 12.2. The Balaban J connectivity index is 1.53. The number of carboxylic acid groups (broad SMARTS) is 1. The van der Waals surface area contributed by atoms with E-state index < -0.39 is 5.97 Å². The summed E-state index contributed by atoms with van der Waals surface area (Å²) in [5, 5.41) is 13.9. The number of benzene rings is 2. The highest BCUT2D eigenvalue weighted by Crippen LogP contribution is 2.35. The molecule has 0 amide bonds. The van der Waals surface area contributed by atoms with E-state index in [1.165, 1.54) is 17.0 Å². The van der Waals surface area contributed by atoms with Gasteiger partial charge in [0, 0.05) is 35.8 Å². The summed E-state index contributed by atoms with van der Waals surface area (Å²) in [6.45, 7) is 1.51. The fourth-order valence-corrected chi connectivity index (χ4v) is 3.08. The third-order valence-corrected chi connectivity index (χ3v) is 4.30. The van der Waals surface area contributed by atoms with E-state index in [0.717, 1.165) is 11.9 Å². The summed E-state index contributed by atoms with van der Waals surface area (Å²) in [5.74, 6) is 0.0586. The molecule has 0 radical (unpaired) electrons. The number of carboxylic acids is 1. The van der Waals surface area contributed by atoms with Crippen LogP contribution in [0.4, 0.5) is 5.69 Å². The summed E-state index contributed by atoms with van der Waals surface area (Å²) in [4.78, 5) is 14.8. The third kappa shape index (κ3) is 2.98. The van der Waals surface area contributed by atoms with E-state index in [-0.39, 0.29) is 5.56 Å². The molecule has 0 saturated heterocycles. The van der Waals surface area contributed by atoms with Crippen molar-refractivity contribution >= 4 is 22.6 Å². The molecule has 1 aromatic heterocycles. The van der Waals surface area contributed by atoms with E-state index in [1.54, 1.807) is 6.07 Å². The van der Waals surface area contributed by atoms with Crippen molar-refractivity contribution in [3.8, 4) is 11.5 Å². The zero-order valence-corrected chi connectivity index (χ0v) is 13.5. The minimum absolute atomic E-state index is 0.183. The lowest BCUT2D eigenvalue weighted by Crippen LogP contribution is -2.17. The van der Waals surface area contributed by atoms with Crippen molar-refractivity contribution in [1.82, 2.24) is 4.98 Å². The average molecular weight is 338 g/mol. The first kappa shape index (κ1) is 15.4. The average Bonchev–Trinajstić information content (AvgIpc) is 3.04. The van der Waals surface area contributed by atoms with Gasteiger partial charge < -0.3 is 24.9 Å². The number of aromatic nitrogens is 1. The minimum Gasteiger partial charge on any atom is -0.486 e. The van der Waals surface area contributed by atoms with Crippen molar-refractivity contribution in [2.24, 2.45) is 0 Å². The van der Waals surface area contributed by atoms with Gasteiger partial charge in [-0.15, -0.1) is 0 Å². The van der Waals surface area contributed by atoms with Crippen molar-refractivity contribution in [2.45, 2.75) is 6.42 Å². The van der Waals surface area contributed by atoms with E-state index in [1.807, 2.05) is 24.4 Å². The first-order valence-electron chi connectivity index (χ1n) is 8.18. The van der Waals surface area contributed by atoms with E-state index in [4.69, 9.17) is 9.47 Å². The number of aromatic carboxylic acids is 1. The Hall–Kier alpha value is -3.15. The zero-order valence-electron chi connectivity index (χ0n) is 13.5. The van der Waals surface area contributed by atoms with Crippen molar-refractivity contribution in [3.05, 3.63) is 53.7 Å². The SMILES string of the molecule is O=C(O)c1cc2c(cc1NCCc1c[nH]c3ccccc13)OCCO2. The van der Waals surface area contributed by atoms with Crippen LogP contribution in [0, 0.1) is 0 Å². The van der Waals surface area contributed by atoms with Gasteiger partial charge in [0.1, 0.15) is 13.2 Å². The predicted octanol–water partition coefficient (Wildman–Crippen LogP) is 3.29. The van der Waals surface area contributed by atoms with Crippen LogP contribution >= 0.6 is 0 Å². The molecule has 4 rings (SSSR count). The molecule has 128 valence electrons. The zero-order chi connectivity index (χ0) is 17.2. The molecule has 0 fully saturated rings. The fourth-order valence-electron chi connectivity index (χ4n) is 3.08. The normalized spacial score (nSPS) is 13.0. The molecule has 2 heterocycles. The van der Waals surface area contributed by atoms with E-state index in [0.29, 0.717) is 36.9 Å². The number of rotatable bonds is 5. The second-order valence-corrected chi connectivity index (χ2v) is 5.88. The topological polar surface area (TPSA) is 83.6 Å². The van der Waals surface area contributed by atoms with Crippen LogP contribution in [0.3, 0.4) is 0 Å². The van der Waals surface area contributed by atoms with E-state index in [9.17, 15) is 9.90 Å². The second kappa shape index (κ2) is 6.39. The highest BCUT2D eigenvalue weighted by molar-refractivity contribution is 5.95. The number of carbonyl (C=O) groups is 1. The van der Waals surface area contributed by atoms with Gasteiger partial charge >= 0.3 is 5.97 Å². The number of H-pyrrole nitrogens is 1. The number of anilines is 1. The molecule has 6 nitrogen and oxygen atoms in total. The lowest BCUT2D eigenvalue weighted by atomic mass is 10.1. The van der Waals surface area contributed by atoms with Gasteiger partial charge in [-0.2, -0.15) is 0 Å². The van der Waals surface area contributed by atoms with Crippen LogP contribution < -0.4 is 14.8 Å². The maximum absolute atomic E-state index is 11.5. The van der Waals surface area contributed by atoms with Crippen molar-refractivity contribution in [1.29, 1.82) is 0 Å². The monoisotopic (exact) mass is 338 g/mol. The molecule has 1 aliphatic heterocycles. The van der Waals surface area contributed by atoms with Crippen LogP contribution in [0.25, 0.3) is 10.9 Å². The Labute approximate surface area is 144 Å². The lowest BCUT2D eigenvalue weighted by Gasteiger charge is -2.20. The Morgan fingerprint density at radius 2 is 1.92 bits per heavy atom. The van der Waals surface area contributed by atoms with Gasteiger partial charge in [0.15, 0.2) is 11.5 Å². The summed E-state index contributed by atoms with van der Waals surface area (Å²) < 4.78 is 11.0. The second-order valence-electron chi connectivity index (χ2n) is 5.88. The Kier molecular flexibility index (Phi) is 3.93. The molecular weight excluding hydrogens is 320 g/mol. The number of hydrogen-bond donors (Lipinski definition) is 3. The molecule has 0 aliphatic carbocycles. The quantitative estimate of drug-likeness (QED) is 0.665. The van der Waals surface area contributed by atoms with Crippen molar-refractivity contribution < 1.29 is 19.4 Å². The number of hydrogen-bond acceptors (Lipinski definition) is 4. The van der Waals surface area contributed by atoms with Crippen LogP contribution in [0.15, 0.2) is 42.6 Å². The molecule has 3 aromatic rings. The van der Waals surface area contributed by atoms with Crippen LogP contribution in [-0.2, 0) is 6.42 Å². The smallest absolute Gasteiger partial charge is 0.337 e. The molecule has 1 aliphatic rings. The molecule has 6 heteroatoms. The molecule has 0 saturated carbocycles. The van der Waals surface area contributed by atoms with Gasteiger partial charge in [-0.05, 0) is 18.1 Å². The number of aromatic amines is 1.